The molecular formula is C14H26N2O2. The van der Waals surface area contributed by atoms with E-state index in [4.69, 9.17) is 0 Å². The molecule has 2 rings (SSSR count). The van der Waals surface area contributed by atoms with E-state index in [1.54, 1.807) is 0 Å². The fourth-order valence-electron chi connectivity index (χ4n) is 3.12. The van der Waals surface area contributed by atoms with Crippen LogP contribution in [0.3, 0.4) is 0 Å². The summed E-state index contributed by atoms with van der Waals surface area (Å²) in [6, 6.07) is 0. The highest BCUT2D eigenvalue weighted by Gasteiger charge is 2.42. The number of nitrogens with zero attached hydrogens (tertiary/aromatic N) is 1. The van der Waals surface area contributed by atoms with Crippen molar-refractivity contribution in [3.8, 4) is 0 Å². The highest BCUT2D eigenvalue weighted by Crippen LogP contribution is 2.27. The molecule has 0 aromatic heterocycles. The third-order valence-electron chi connectivity index (χ3n) is 4.26. The average Bonchev–Trinajstić information content (AvgIpc) is 2.34. The van der Waals surface area contributed by atoms with Gasteiger partial charge in [-0.15, -0.1) is 0 Å². The van der Waals surface area contributed by atoms with Gasteiger partial charge >= 0.3 is 0 Å². The summed E-state index contributed by atoms with van der Waals surface area (Å²) < 4.78 is 0. The second-order valence-corrected chi connectivity index (χ2v) is 5.96. The molecule has 0 spiro atoms. The molecule has 0 radical (unpaired) electrons. The summed E-state index contributed by atoms with van der Waals surface area (Å²) in [4.78, 5) is 13.8. The number of carbonyl (C=O) groups is 1. The van der Waals surface area contributed by atoms with E-state index < -0.39 is 5.60 Å². The number of piperidine rings is 1. The Morgan fingerprint density at radius 2 is 2.06 bits per heavy atom. The van der Waals surface area contributed by atoms with Crippen molar-refractivity contribution in [3.05, 3.63) is 0 Å². The summed E-state index contributed by atoms with van der Waals surface area (Å²) in [7, 11) is 0. The Balaban J connectivity index is 1.64. The quantitative estimate of drug-likeness (QED) is 0.773. The molecule has 0 bridgehead atoms. The highest BCUT2D eigenvalue weighted by atomic mass is 16.3. The lowest BCUT2D eigenvalue weighted by Crippen LogP contribution is -2.63. The molecule has 4 nitrogen and oxygen atoms in total. The van der Waals surface area contributed by atoms with E-state index in [-0.39, 0.29) is 5.91 Å². The summed E-state index contributed by atoms with van der Waals surface area (Å²) in [5, 5.41) is 13.4. The Hall–Kier alpha value is -0.610. The number of carbonyl (C=O) groups excluding carboxylic acids is 1. The Bertz CT molecular complexity index is 282. The van der Waals surface area contributed by atoms with Crippen LogP contribution in [0.2, 0.25) is 0 Å². The molecule has 2 saturated heterocycles. The molecule has 2 fully saturated rings. The molecule has 4 heteroatoms. The van der Waals surface area contributed by atoms with E-state index in [0.29, 0.717) is 25.4 Å². The van der Waals surface area contributed by atoms with Gasteiger partial charge in [-0.3, -0.25) is 4.79 Å². The van der Waals surface area contributed by atoms with Crippen molar-refractivity contribution in [1.82, 2.24) is 10.2 Å². The Kier molecular flexibility index (Phi) is 4.62. The largest absolute Gasteiger partial charge is 0.386 e. The van der Waals surface area contributed by atoms with Gasteiger partial charge in [0.05, 0.1) is 18.7 Å². The molecular weight excluding hydrogens is 228 g/mol. The number of rotatable bonds is 5. The number of amides is 1. The predicted octanol–water partition coefficient (Wildman–Crippen LogP) is 1.14. The van der Waals surface area contributed by atoms with Crippen LogP contribution in [0, 0.1) is 5.92 Å². The van der Waals surface area contributed by atoms with E-state index in [1.807, 2.05) is 4.90 Å². The minimum absolute atomic E-state index is 0.231. The average molecular weight is 254 g/mol. The number of hydrogen-bond donors (Lipinski definition) is 2. The number of nitrogens with one attached hydrogen (secondary N) is 1. The van der Waals surface area contributed by atoms with Gasteiger partial charge in [0.25, 0.3) is 0 Å². The van der Waals surface area contributed by atoms with Crippen LogP contribution in [-0.4, -0.2) is 47.7 Å². The Morgan fingerprint density at radius 1 is 1.39 bits per heavy atom. The fourth-order valence-corrected chi connectivity index (χ4v) is 3.12. The minimum atomic E-state index is -0.584. The van der Waals surface area contributed by atoms with Gasteiger partial charge in [0.1, 0.15) is 0 Å². The van der Waals surface area contributed by atoms with Crippen LogP contribution in [0.15, 0.2) is 0 Å². The van der Waals surface area contributed by atoms with Crippen LogP contribution < -0.4 is 5.32 Å². The maximum Gasteiger partial charge on any atom is 0.222 e. The van der Waals surface area contributed by atoms with Crippen molar-refractivity contribution < 1.29 is 9.90 Å². The summed E-state index contributed by atoms with van der Waals surface area (Å²) >= 11 is 0. The minimum Gasteiger partial charge on any atom is -0.386 e. The fraction of sp³-hybridized carbons (Fsp3) is 0.929. The van der Waals surface area contributed by atoms with Gasteiger partial charge in [-0.2, -0.15) is 0 Å². The van der Waals surface area contributed by atoms with Crippen molar-refractivity contribution in [1.29, 1.82) is 0 Å². The predicted molar refractivity (Wildman–Crippen MR) is 71.3 cm³/mol. The van der Waals surface area contributed by atoms with Gasteiger partial charge in [0.2, 0.25) is 5.91 Å². The molecule has 0 aliphatic carbocycles. The van der Waals surface area contributed by atoms with Gasteiger partial charge in [0.15, 0.2) is 0 Å². The van der Waals surface area contributed by atoms with E-state index >= 15 is 0 Å². The van der Waals surface area contributed by atoms with Gasteiger partial charge in [-0.25, -0.2) is 0 Å². The monoisotopic (exact) mass is 254 g/mol. The third kappa shape index (κ3) is 3.45. The normalized spacial score (nSPS) is 23.8. The van der Waals surface area contributed by atoms with Crippen molar-refractivity contribution in [2.75, 3.05) is 26.2 Å². The zero-order valence-electron chi connectivity index (χ0n) is 11.5. The smallest absolute Gasteiger partial charge is 0.222 e. The van der Waals surface area contributed by atoms with E-state index in [2.05, 4.69) is 12.2 Å². The molecule has 2 N–H and O–H groups in total. The van der Waals surface area contributed by atoms with Crippen LogP contribution in [-0.2, 0) is 4.79 Å². The number of β-amino-alcohol motifs (C(OH)–C–C–N with tert-alkyl or cyclic N) is 1. The maximum atomic E-state index is 12.0. The zero-order valence-corrected chi connectivity index (χ0v) is 11.5. The van der Waals surface area contributed by atoms with Gasteiger partial charge in [-0.1, -0.05) is 13.3 Å². The van der Waals surface area contributed by atoms with E-state index in [1.165, 1.54) is 12.8 Å². The SMILES string of the molecule is CCCC1(O)CN(C(=O)CCC2CCNCC2)C1. The topological polar surface area (TPSA) is 52.6 Å². The first-order chi connectivity index (χ1) is 8.63. The maximum absolute atomic E-state index is 12.0. The molecule has 18 heavy (non-hydrogen) atoms. The second kappa shape index (κ2) is 6.02. The van der Waals surface area contributed by atoms with Crippen LogP contribution in [0.1, 0.15) is 45.4 Å². The molecule has 0 atom stereocenters. The van der Waals surface area contributed by atoms with Crippen molar-refractivity contribution >= 4 is 5.91 Å². The molecule has 2 aliphatic heterocycles. The van der Waals surface area contributed by atoms with E-state index in [9.17, 15) is 9.90 Å². The summed E-state index contributed by atoms with van der Waals surface area (Å²) in [6.07, 6.45) is 5.87. The molecule has 0 saturated carbocycles. The Morgan fingerprint density at radius 3 is 2.67 bits per heavy atom. The van der Waals surface area contributed by atoms with Gasteiger partial charge in [0, 0.05) is 6.42 Å². The van der Waals surface area contributed by atoms with E-state index in [0.717, 1.165) is 32.4 Å². The first-order valence-electron chi connectivity index (χ1n) is 7.34. The molecule has 2 aliphatic rings. The van der Waals surface area contributed by atoms with Crippen molar-refractivity contribution in [2.24, 2.45) is 5.92 Å². The lowest BCUT2D eigenvalue weighted by Gasteiger charge is -2.46. The lowest BCUT2D eigenvalue weighted by molar-refractivity contribution is -0.156. The summed E-state index contributed by atoms with van der Waals surface area (Å²) in [6.45, 7) is 5.36. The van der Waals surface area contributed by atoms with Crippen molar-refractivity contribution in [2.45, 2.75) is 51.0 Å². The molecule has 2 heterocycles. The van der Waals surface area contributed by atoms with Crippen LogP contribution in [0.25, 0.3) is 0 Å². The summed E-state index contributed by atoms with van der Waals surface area (Å²) in [5.74, 6) is 0.945. The van der Waals surface area contributed by atoms with Crippen LogP contribution in [0.4, 0.5) is 0 Å². The standard InChI is InChI=1S/C14H26N2O2/c1-2-7-14(18)10-16(11-14)13(17)4-3-12-5-8-15-9-6-12/h12,15,18H,2-11H2,1H3. The lowest BCUT2D eigenvalue weighted by atomic mass is 9.88. The number of likely N-dealkylation sites (tertiary alicyclic amines) is 1. The Labute approximate surface area is 110 Å². The zero-order chi connectivity index (χ0) is 13.0. The molecule has 104 valence electrons. The van der Waals surface area contributed by atoms with Gasteiger partial charge in [-0.05, 0) is 44.7 Å². The molecule has 1 amide bonds. The first-order valence-corrected chi connectivity index (χ1v) is 7.34. The molecule has 0 aromatic carbocycles. The second-order valence-electron chi connectivity index (χ2n) is 5.96. The first kappa shape index (κ1) is 13.8. The highest BCUT2D eigenvalue weighted by molar-refractivity contribution is 5.77. The third-order valence-corrected chi connectivity index (χ3v) is 4.26. The van der Waals surface area contributed by atoms with Crippen molar-refractivity contribution in [3.63, 3.8) is 0 Å². The molecule has 0 aromatic rings. The number of aliphatic hydroxyl groups is 1. The number of hydrogen-bond acceptors (Lipinski definition) is 3. The van der Waals surface area contributed by atoms with Gasteiger partial charge < -0.3 is 15.3 Å². The summed E-state index contributed by atoms with van der Waals surface area (Å²) in [5.41, 5.74) is -0.584. The van der Waals surface area contributed by atoms with Crippen LogP contribution >= 0.6 is 0 Å². The van der Waals surface area contributed by atoms with Crippen LogP contribution in [0.5, 0.6) is 0 Å². The molecule has 0 unspecified atom stereocenters.